The summed E-state index contributed by atoms with van der Waals surface area (Å²) in [5.41, 5.74) is 2.35. The van der Waals surface area contributed by atoms with E-state index in [0.717, 1.165) is 24.9 Å². The van der Waals surface area contributed by atoms with E-state index in [2.05, 4.69) is 28.0 Å². The number of hydrogen-bond donors (Lipinski definition) is 1. The van der Waals surface area contributed by atoms with Crippen LogP contribution in [0.1, 0.15) is 42.5 Å². The molecule has 0 aliphatic carbocycles. The highest BCUT2D eigenvalue weighted by Crippen LogP contribution is 2.35. The molecule has 2 aromatic heterocycles. The van der Waals surface area contributed by atoms with E-state index < -0.39 is 0 Å². The number of amides is 1. The van der Waals surface area contributed by atoms with Crippen LogP contribution in [0.5, 0.6) is 0 Å². The van der Waals surface area contributed by atoms with Crippen LogP contribution in [-0.4, -0.2) is 58.0 Å². The van der Waals surface area contributed by atoms with Crippen molar-refractivity contribution in [3.8, 4) is 0 Å². The molecule has 2 aliphatic heterocycles. The molecule has 6 heteroatoms. The summed E-state index contributed by atoms with van der Waals surface area (Å²) in [6.07, 6.45) is 9.92. The zero-order chi connectivity index (χ0) is 19.2. The minimum Gasteiger partial charge on any atom is -0.396 e. The third kappa shape index (κ3) is 4.51. The molecule has 0 aromatic carbocycles. The Morgan fingerprint density at radius 1 is 1.07 bits per heavy atom. The molecule has 4 rings (SSSR count). The second kappa shape index (κ2) is 9.06. The first-order chi connectivity index (χ1) is 13.1. The summed E-state index contributed by atoms with van der Waals surface area (Å²) in [4.78, 5) is 23.5. The van der Waals surface area contributed by atoms with Crippen LogP contribution in [0, 0.1) is 5.92 Å². The first kappa shape index (κ1) is 19.5. The molecule has 0 saturated carbocycles. The van der Waals surface area contributed by atoms with E-state index in [1.165, 1.54) is 5.56 Å². The van der Waals surface area contributed by atoms with Crippen LogP contribution in [-0.2, 0) is 4.79 Å². The van der Waals surface area contributed by atoms with Crippen molar-refractivity contribution in [2.45, 2.75) is 31.3 Å². The molecule has 0 bridgehead atoms. The van der Waals surface area contributed by atoms with Gasteiger partial charge in [0.05, 0.1) is 6.04 Å². The molecule has 6 nitrogen and oxygen atoms in total. The zero-order valence-corrected chi connectivity index (χ0v) is 16.0. The van der Waals surface area contributed by atoms with Gasteiger partial charge >= 0.3 is 0 Å². The molecule has 2 fully saturated rings. The van der Waals surface area contributed by atoms with Gasteiger partial charge in [0.25, 0.3) is 0 Å². The summed E-state index contributed by atoms with van der Waals surface area (Å²) in [5, 5.41) is 9.27. The summed E-state index contributed by atoms with van der Waals surface area (Å²) in [5.74, 6) is 0.595. The molecule has 1 unspecified atom stereocenters. The van der Waals surface area contributed by atoms with Crippen molar-refractivity contribution in [2.24, 2.45) is 5.92 Å². The standard InChI is InChI=1S/C11H16N2O.C10H12N2O/c1-13-6-4-10(8-14)11(13)9-3-2-5-12-7-9;1-12-9(4-5-10(12)13)8-3-2-6-11-7-8/h2-3,5,7,10-11,14H,4,6,8H2,1H3;2-3,6-7,9H,4-5H2,1H3/t10?,11-;9-/m10/s1. The Morgan fingerprint density at radius 2 is 1.74 bits per heavy atom. The molecule has 2 aliphatic rings. The predicted molar refractivity (Wildman–Crippen MR) is 104 cm³/mol. The van der Waals surface area contributed by atoms with Crippen LogP contribution >= 0.6 is 0 Å². The first-order valence-corrected chi connectivity index (χ1v) is 9.48. The van der Waals surface area contributed by atoms with Crippen molar-refractivity contribution in [2.75, 3.05) is 27.2 Å². The van der Waals surface area contributed by atoms with Gasteiger partial charge in [-0.05, 0) is 49.7 Å². The van der Waals surface area contributed by atoms with Gasteiger partial charge in [0.1, 0.15) is 0 Å². The number of hydrogen-bond acceptors (Lipinski definition) is 5. The lowest BCUT2D eigenvalue weighted by atomic mass is 9.96. The van der Waals surface area contributed by atoms with Crippen LogP contribution in [0.4, 0.5) is 0 Å². The normalized spacial score (nSPS) is 25.4. The van der Waals surface area contributed by atoms with Crippen LogP contribution in [0.25, 0.3) is 0 Å². The fourth-order valence-electron chi connectivity index (χ4n) is 4.06. The van der Waals surface area contributed by atoms with Gasteiger partial charge in [-0.1, -0.05) is 12.1 Å². The fourth-order valence-corrected chi connectivity index (χ4v) is 4.06. The minimum absolute atomic E-state index is 0.230. The number of aromatic nitrogens is 2. The van der Waals surface area contributed by atoms with E-state index in [1.54, 1.807) is 17.3 Å². The second-order valence-corrected chi connectivity index (χ2v) is 7.29. The third-order valence-electron chi connectivity index (χ3n) is 5.60. The van der Waals surface area contributed by atoms with Gasteiger partial charge in [0.2, 0.25) is 5.91 Å². The number of nitrogens with zero attached hydrogens (tertiary/aromatic N) is 4. The second-order valence-electron chi connectivity index (χ2n) is 7.29. The number of carbonyl (C=O) groups is 1. The average Bonchev–Trinajstić information content (AvgIpc) is 3.26. The Morgan fingerprint density at radius 3 is 2.26 bits per heavy atom. The SMILES string of the molecule is CN1C(=O)CC[C@H]1c1cccnc1.CN1CCC(CO)[C@H]1c1cccnc1. The maximum absolute atomic E-state index is 11.3. The van der Waals surface area contributed by atoms with Crippen molar-refractivity contribution in [3.05, 3.63) is 60.2 Å². The largest absolute Gasteiger partial charge is 0.396 e. The smallest absolute Gasteiger partial charge is 0.222 e. The molecule has 0 spiro atoms. The Kier molecular flexibility index (Phi) is 6.53. The quantitative estimate of drug-likeness (QED) is 0.901. The molecule has 1 amide bonds. The van der Waals surface area contributed by atoms with Gasteiger partial charge < -0.3 is 10.0 Å². The molecule has 144 valence electrons. The van der Waals surface area contributed by atoms with Gasteiger partial charge in [0.15, 0.2) is 0 Å². The lowest BCUT2D eigenvalue weighted by Gasteiger charge is -2.23. The number of rotatable bonds is 3. The van der Waals surface area contributed by atoms with E-state index in [0.29, 0.717) is 18.4 Å². The Bertz CT molecular complexity index is 725. The molecular weight excluding hydrogens is 340 g/mol. The number of aliphatic hydroxyl groups excluding tert-OH is 1. The van der Waals surface area contributed by atoms with E-state index in [1.807, 2.05) is 37.6 Å². The monoisotopic (exact) mass is 368 g/mol. The topological polar surface area (TPSA) is 69.6 Å². The Balaban J connectivity index is 0.000000156. The highest BCUT2D eigenvalue weighted by molar-refractivity contribution is 5.78. The van der Waals surface area contributed by atoms with Crippen molar-refractivity contribution >= 4 is 5.91 Å². The van der Waals surface area contributed by atoms with Gasteiger partial charge in [0, 0.05) is 56.8 Å². The van der Waals surface area contributed by atoms with Crippen molar-refractivity contribution < 1.29 is 9.90 Å². The maximum atomic E-state index is 11.3. The van der Waals surface area contributed by atoms with E-state index in [4.69, 9.17) is 0 Å². The average molecular weight is 368 g/mol. The summed E-state index contributed by atoms with van der Waals surface area (Å²) >= 11 is 0. The van der Waals surface area contributed by atoms with E-state index >= 15 is 0 Å². The molecule has 3 atom stereocenters. The lowest BCUT2D eigenvalue weighted by Crippen LogP contribution is -2.22. The number of aliphatic hydroxyl groups is 1. The molecule has 0 radical (unpaired) electrons. The van der Waals surface area contributed by atoms with Crippen molar-refractivity contribution in [1.29, 1.82) is 0 Å². The van der Waals surface area contributed by atoms with Crippen molar-refractivity contribution in [1.82, 2.24) is 19.8 Å². The van der Waals surface area contributed by atoms with Crippen molar-refractivity contribution in [3.63, 3.8) is 0 Å². The van der Waals surface area contributed by atoms with E-state index in [9.17, 15) is 9.90 Å². The molecule has 2 saturated heterocycles. The molecule has 27 heavy (non-hydrogen) atoms. The van der Waals surface area contributed by atoms with Crippen LogP contribution < -0.4 is 0 Å². The minimum atomic E-state index is 0.230. The van der Waals surface area contributed by atoms with Gasteiger partial charge in [-0.15, -0.1) is 0 Å². The fraction of sp³-hybridized carbons (Fsp3) is 0.476. The van der Waals surface area contributed by atoms with Gasteiger partial charge in [-0.25, -0.2) is 0 Å². The maximum Gasteiger partial charge on any atom is 0.222 e. The number of carbonyl (C=O) groups excluding carboxylic acids is 1. The Labute approximate surface area is 160 Å². The predicted octanol–water partition coefficient (Wildman–Crippen LogP) is 2.44. The van der Waals surface area contributed by atoms with Crippen LogP contribution in [0.15, 0.2) is 49.1 Å². The zero-order valence-electron chi connectivity index (χ0n) is 16.0. The van der Waals surface area contributed by atoms with Crippen LogP contribution in [0.2, 0.25) is 0 Å². The van der Waals surface area contributed by atoms with Crippen LogP contribution in [0.3, 0.4) is 0 Å². The molecule has 1 N–H and O–H groups in total. The first-order valence-electron chi connectivity index (χ1n) is 9.48. The summed E-state index contributed by atoms with van der Waals surface area (Å²) in [6.45, 7) is 1.33. The Hall–Kier alpha value is -2.31. The number of pyridine rings is 2. The molecular formula is C21H28N4O2. The summed E-state index contributed by atoms with van der Waals surface area (Å²) in [7, 11) is 3.96. The lowest BCUT2D eigenvalue weighted by molar-refractivity contribution is -0.127. The summed E-state index contributed by atoms with van der Waals surface area (Å²) in [6, 6.07) is 8.55. The van der Waals surface area contributed by atoms with Gasteiger partial charge in [-0.2, -0.15) is 0 Å². The number of likely N-dealkylation sites (tertiary alicyclic amines) is 2. The highest BCUT2D eigenvalue weighted by atomic mass is 16.3. The molecule has 4 heterocycles. The molecule has 2 aromatic rings. The highest BCUT2D eigenvalue weighted by Gasteiger charge is 2.32. The summed E-state index contributed by atoms with van der Waals surface area (Å²) < 4.78 is 0. The van der Waals surface area contributed by atoms with E-state index in [-0.39, 0.29) is 18.6 Å². The third-order valence-corrected chi connectivity index (χ3v) is 5.60. The van der Waals surface area contributed by atoms with Gasteiger partial charge in [-0.3, -0.25) is 19.7 Å².